The van der Waals surface area contributed by atoms with Gasteiger partial charge in [0.2, 0.25) is 11.3 Å². The molecule has 2 aromatic rings. The van der Waals surface area contributed by atoms with Gasteiger partial charge in [-0.15, -0.1) is 6.58 Å². The van der Waals surface area contributed by atoms with Crippen LogP contribution in [0.2, 0.25) is 0 Å². The van der Waals surface area contributed by atoms with E-state index >= 15 is 0 Å². The first-order chi connectivity index (χ1) is 11.8. The van der Waals surface area contributed by atoms with Crippen molar-refractivity contribution in [2.75, 3.05) is 33.9 Å². The number of hydrogen-bond donors (Lipinski definition) is 0. The zero-order valence-corrected chi connectivity index (χ0v) is 14.6. The van der Waals surface area contributed by atoms with Gasteiger partial charge in [-0.1, -0.05) is 11.2 Å². The highest BCUT2D eigenvalue weighted by atomic mass is 16.5. The van der Waals surface area contributed by atoms with Gasteiger partial charge in [-0.05, 0) is 56.8 Å². The Labute approximate surface area is 143 Å². The monoisotopic (exact) mass is 330 g/mol. The number of methoxy groups -OCH3 is 2. The first-order valence-corrected chi connectivity index (χ1v) is 8.59. The van der Waals surface area contributed by atoms with E-state index < -0.39 is 0 Å². The van der Waals surface area contributed by atoms with Gasteiger partial charge in [0.1, 0.15) is 0 Å². The summed E-state index contributed by atoms with van der Waals surface area (Å²) in [6.45, 7) is 7.16. The molecule has 130 valence electrons. The molecule has 0 N–H and O–H groups in total. The highest BCUT2D eigenvalue weighted by molar-refractivity contribution is 5.87. The maximum absolute atomic E-state index is 5.53. The minimum atomic E-state index is 0.617. The number of nitrogens with zero attached hydrogens (tertiary/aromatic N) is 2. The lowest BCUT2D eigenvalue weighted by Gasteiger charge is -2.31. The van der Waals surface area contributed by atoms with Crippen LogP contribution in [0.25, 0.3) is 11.0 Å². The molecule has 0 atom stereocenters. The van der Waals surface area contributed by atoms with Gasteiger partial charge in [0.25, 0.3) is 0 Å². The average molecular weight is 330 g/mol. The van der Waals surface area contributed by atoms with Crippen molar-refractivity contribution in [2.45, 2.75) is 25.7 Å². The standard InChI is InChI=1S/C19H26N2O3/c1-4-11-21-12-9-14(10-13-21)5-7-16-15-6-8-17(22-2)19(23-3)18(15)24-20-16/h4,6,8,14H,1,5,7,9-13H2,2-3H3. The van der Waals surface area contributed by atoms with Crippen molar-refractivity contribution in [3.63, 3.8) is 0 Å². The minimum absolute atomic E-state index is 0.617. The molecule has 1 aliphatic heterocycles. The third-order valence-electron chi connectivity index (χ3n) is 4.94. The van der Waals surface area contributed by atoms with Crippen LogP contribution in [-0.2, 0) is 6.42 Å². The number of piperidine rings is 1. The summed E-state index contributed by atoms with van der Waals surface area (Å²) in [4.78, 5) is 2.46. The molecule has 1 aromatic heterocycles. The topological polar surface area (TPSA) is 47.7 Å². The maximum atomic E-state index is 5.53. The van der Waals surface area contributed by atoms with Crippen LogP contribution < -0.4 is 9.47 Å². The van der Waals surface area contributed by atoms with Crippen LogP contribution in [0.15, 0.2) is 29.3 Å². The summed E-state index contributed by atoms with van der Waals surface area (Å²) in [5, 5.41) is 5.30. The van der Waals surface area contributed by atoms with Gasteiger partial charge in [0.05, 0.1) is 19.9 Å². The number of aryl methyl sites for hydroxylation is 1. The smallest absolute Gasteiger partial charge is 0.212 e. The summed E-state index contributed by atoms with van der Waals surface area (Å²) in [7, 11) is 3.25. The summed E-state index contributed by atoms with van der Waals surface area (Å²) in [5.74, 6) is 2.05. The van der Waals surface area contributed by atoms with E-state index in [0.29, 0.717) is 17.1 Å². The largest absolute Gasteiger partial charge is 0.493 e. The van der Waals surface area contributed by atoms with Gasteiger partial charge >= 0.3 is 0 Å². The number of rotatable bonds is 7. The predicted molar refractivity (Wildman–Crippen MR) is 94.8 cm³/mol. The second-order valence-electron chi connectivity index (χ2n) is 6.38. The summed E-state index contributed by atoms with van der Waals surface area (Å²) in [6.07, 6.45) is 6.58. The number of hydrogen-bond acceptors (Lipinski definition) is 5. The third kappa shape index (κ3) is 3.41. The molecule has 1 saturated heterocycles. The molecule has 5 heteroatoms. The van der Waals surface area contributed by atoms with Crippen LogP contribution in [0.3, 0.4) is 0 Å². The minimum Gasteiger partial charge on any atom is -0.493 e. The van der Waals surface area contributed by atoms with E-state index in [1.165, 1.54) is 25.9 Å². The third-order valence-corrected chi connectivity index (χ3v) is 4.94. The van der Waals surface area contributed by atoms with Crippen LogP contribution in [0, 0.1) is 5.92 Å². The van der Waals surface area contributed by atoms with E-state index in [2.05, 4.69) is 16.6 Å². The molecule has 0 bridgehead atoms. The number of benzene rings is 1. The quantitative estimate of drug-likeness (QED) is 0.725. The van der Waals surface area contributed by atoms with Crippen molar-refractivity contribution >= 4 is 11.0 Å². The van der Waals surface area contributed by atoms with E-state index in [9.17, 15) is 0 Å². The molecule has 1 aromatic carbocycles. The molecule has 0 radical (unpaired) electrons. The summed E-state index contributed by atoms with van der Waals surface area (Å²) in [6, 6.07) is 3.92. The number of aromatic nitrogens is 1. The molecule has 5 nitrogen and oxygen atoms in total. The van der Waals surface area contributed by atoms with Crippen LogP contribution >= 0.6 is 0 Å². The van der Waals surface area contributed by atoms with Crippen molar-refractivity contribution in [3.05, 3.63) is 30.5 Å². The van der Waals surface area contributed by atoms with E-state index in [0.717, 1.165) is 36.4 Å². The molecule has 24 heavy (non-hydrogen) atoms. The summed E-state index contributed by atoms with van der Waals surface area (Å²) in [5.41, 5.74) is 1.69. The van der Waals surface area contributed by atoms with Crippen LogP contribution in [-0.4, -0.2) is 43.9 Å². The molecular formula is C19H26N2O3. The fourth-order valence-electron chi connectivity index (χ4n) is 3.53. The molecule has 0 saturated carbocycles. The van der Waals surface area contributed by atoms with Crippen LogP contribution in [0.1, 0.15) is 25.0 Å². The lowest BCUT2D eigenvalue weighted by Crippen LogP contribution is -2.33. The molecule has 2 heterocycles. The number of ether oxygens (including phenoxy) is 2. The molecule has 0 unspecified atom stereocenters. The number of fused-ring (bicyclic) bond motifs is 1. The fourth-order valence-corrected chi connectivity index (χ4v) is 3.53. The second kappa shape index (κ2) is 7.71. The Morgan fingerprint density at radius 3 is 2.75 bits per heavy atom. The lowest BCUT2D eigenvalue weighted by atomic mass is 9.91. The zero-order chi connectivity index (χ0) is 16.9. The predicted octanol–water partition coefficient (Wildman–Crippen LogP) is 3.68. The Hall–Kier alpha value is -2.01. The molecule has 1 fully saturated rings. The Balaban J connectivity index is 1.65. The SMILES string of the molecule is C=CCN1CCC(CCc2noc3c(OC)c(OC)ccc23)CC1. The highest BCUT2D eigenvalue weighted by Gasteiger charge is 2.21. The fraction of sp³-hybridized carbons (Fsp3) is 0.526. The highest BCUT2D eigenvalue weighted by Crippen LogP contribution is 2.37. The molecule has 3 rings (SSSR count). The Bertz CT molecular complexity index is 687. The Morgan fingerprint density at radius 2 is 2.08 bits per heavy atom. The Morgan fingerprint density at radius 1 is 1.29 bits per heavy atom. The van der Waals surface area contributed by atoms with Crippen LogP contribution in [0.4, 0.5) is 0 Å². The van der Waals surface area contributed by atoms with Gasteiger partial charge in [-0.3, -0.25) is 4.90 Å². The maximum Gasteiger partial charge on any atom is 0.212 e. The van der Waals surface area contributed by atoms with E-state index in [4.69, 9.17) is 14.0 Å². The van der Waals surface area contributed by atoms with E-state index in [1.807, 2.05) is 18.2 Å². The van der Waals surface area contributed by atoms with E-state index in [-0.39, 0.29) is 0 Å². The molecule has 0 amide bonds. The summed E-state index contributed by atoms with van der Waals surface area (Å²) >= 11 is 0. The van der Waals surface area contributed by atoms with Gasteiger partial charge in [0, 0.05) is 11.9 Å². The van der Waals surface area contributed by atoms with Gasteiger partial charge in [0.15, 0.2) is 5.75 Å². The van der Waals surface area contributed by atoms with Crippen LogP contribution in [0.5, 0.6) is 11.5 Å². The first kappa shape index (κ1) is 16.8. The molecule has 0 aliphatic carbocycles. The van der Waals surface area contributed by atoms with Crippen molar-refractivity contribution in [3.8, 4) is 11.5 Å². The normalized spacial score (nSPS) is 16.4. The summed E-state index contributed by atoms with van der Waals surface area (Å²) < 4.78 is 16.3. The zero-order valence-electron chi connectivity index (χ0n) is 14.6. The Kier molecular flexibility index (Phi) is 5.41. The number of likely N-dealkylation sites (tertiary alicyclic amines) is 1. The molecular weight excluding hydrogens is 304 g/mol. The van der Waals surface area contributed by atoms with Gasteiger partial charge < -0.3 is 14.0 Å². The lowest BCUT2D eigenvalue weighted by molar-refractivity contribution is 0.194. The van der Waals surface area contributed by atoms with Crippen molar-refractivity contribution in [1.29, 1.82) is 0 Å². The second-order valence-corrected chi connectivity index (χ2v) is 6.38. The first-order valence-electron chi connectivity index (χ1n) is 8.59. The van der Waals surface area contributed by atoms with Crippen molar-refractivity contribution < 1.29 is 14.0 Å². The van der Waals surface area contributed by atoms with Gasteiger partial charge in [-0.2, -0.15) is 0 Å². The molecule has 0 spiro atoms. The van der Waals surface area contributed by atoms with Crippen molar-refractivity contribution in [1.82, 2.24) is 10.1 Å². The van der Waals surface area contributed by atoms with Gasteiger partial charge in [-0.25, -0.2) is 0 Å². The molecule has 1 aliphatic rings. The van der Waals surface area contributed by atoms with Crippen molar-refractivity contribution in [2.24, 2.45) is 5.92 Å². The average Bonchev–Trinajstić information content (AvgIpc) is 3.03. The van der Waals surface area contributed by atoms with E-state index in [1.54, 1.807) is 14.2 Å².